The van der Waals surface area contributed by atoms with E-state index in [1.807, 2.05) is 18.2 Å². The first-order valence-corrected chi connectivity index (χ1v) is 5.13. The highest BCUT2D eigenvalue weighted by molar-refractivity contribution is 5.82. The molecule has 0 spiro atoms. The van der Waals surface area contributed by atoms with Gasteiger partial charge in [0.1, 0.15) is 17.2 Å². The summed E-state index contributed by atoms with van der Waals surface area (Å²) in [6.45, 7) is 3.83. The lowest BCUT2D eigenvalue weighted by Gasteiger charge is -2.04. The minimum atomic E-state index is -0.559. The van der Waals surface area contributed by atoms with Gasteiger partial charge in [-0.3, -0.25) is 0 Å². The lowest BCUT2D eigenvalue weighted by Crippen LogP contribution is -2.06. The quantitative estimate of drug-likeness (QED) is 0.684. The van der Waals surface area contributed by atoms with E-state index in [4.69, 9.17) is 9.68 Å². The van der Waals surface area contributed by atoms with Gasteiger partial charge in [-0.05, 0) is 36.6 Å². The number of benzene rings is 1. The Balaban J connectivity index is 2.90. The van der Waals surface area contributed by atoms with Crippen LogP contribution in [0, 0.1) is 18.3 Å². The second kappa shape index (κ2) is 3.82. The summed E-state index contributed by atoms with van der Waals surface area (Å²) in [4.78, 5) is 11.5. The van der Waals surface area contributed by atoms with Crippen LogP contribution in [0.15, 0.2) is 27.4 Å². The largest absolute Gasteiger partial charge is 0.422 e. The van der Waals surface area contributed by atoms with Gasteiger partial charge in [-0.15, -0.1) is 0 Å². The fourth-order valence-corrected chi connectivity index (χ4v) is 1.75. The van der Waals surface area contributed by atoms with Crippen LogP contribution in [0.3, 0.4) is 0 Å². The number of rotatable bonds is 1. The minimum absolute atomic E-state index is 0.0979. The Morgan fingerprint density at radius 1 is 1.44 bits per heavy atom. The smallest absolute Gasteiger partial charge is 0.354 e. The van der Waals surface area contributed by atoms with E-state index in [-0.39, 0.29) is 5.56 Å². The van der Waals surface area contributed by atoms with Gasteiger partial charge in [0, 0.05) is 5.39 Å². The van der Waals surface area contributed by atoms with Crippen LogP contribution in [-0.4, -0.2) is 0 Å². The zero-order valence-electron chi connectivity index (χ0n) is 9.20. The van der Waals surface area contributed by atoms with Gasteiger partial charge >= 0.3 is 5.63 Å². The van der Waals surface area contributed by atoms with Crippen molar-refractivity contribution in [2.24, 2.45) is 0 Å². The predicted molar refractivity (Wildman–Crippen MR) is 61.3 cm³/mol. The van der Waals surface area contributed by atoms with Crippen molar-refractivity contribution < 1.29 is 4.42 Å². The normalized spacial score (nSPS) is 10.3. The summed E-state index contributed by atoms with van der Waals surface area (Å²) >= 11 is 0. The van der Waals surface area contributed by atoms with Crippen LogP contribution in [0.25, 0.3) is 11.0 Å². The maximum Gasteiger partial charge on any atom is 0.354 e. The standard InChI is InChI=1S/C13H11NO2/c1-3-9-4-5-12-10(6-9)8(2)11(7-14)13(15)16-12/h4-6H,3H2,1-2H3. The van der Waals surface area contributed by atoms with E-state index in [0.29, 0.717) is 11.1 Å². The van der Waals surface area contributed by atoms with Crippen LogP contribution < -0.4 is 5.63 Å². The molecule has 2 aromatic rings. The molecule has 3 nitrogen and oxygen atoms in total. The van der Waals surface area contributed by atoms with Crippen LogP contribution in [0.5, 0.6) is 0 Å². The number of fused-ring (bicyclic) bond motifs is 1. The monoisotopic (exact) mass is 213 g/mol. The van der Waals surface area contributed by atoms with Crippen LogP contribution in [0.2, 0.25) is 0 Å². The molecule has 0 unspecified atom stereocenters. The third kappa shape index (κ3) is 1.49. The highest BCUT2D eigenvalue weighted by Gasteiger charge is 2.10. The molecule has 0 saturated heterocycles. The van der Waals surface area contributed by atoms with Gasteiger partial charge in [0.25, 0.3) is 0 Å². The van der Waals surface area contributed by atoms with E-state index in [9.17, 15) is 4.79 Å². The number of nitrogens with zero attached hydrogens (tertiary/aromatic N) is 1. The van der Waals surface area contributed by atoms with Crippen molar-refractivity contribution in [2.45, 2.75) is 20.3 Å². The average molecular weight is 213 g/mol. The topological polar surface area (TPSA) is 54.0 Å². The Morgan fingerprint density at radius 2 is 2.19 bits per heavy atom. The van der Waals surface area contributed by atoms with E-state index in [1.165, 1.54) is 0 Å². The molecule has 0 N–H and O–H groups in total. The van der Waals surface area contributed by atoms with Crippen LogP contribution >= 0.6 is 0 Å². The molecule has 0 aliphatic heterocycles. The summed E-state index contributed by atoms with van der Waals surface area (Å²) in [6, 6.07) is 7.56. The Bertz CT molecular complexity index is 647. The Labute approximate surface area is 92.9 Å². The first-order chi connectivity index (χ1) is 7.67. The van der Waals surface area contributed by atoms with Crippen molar-refractivity contribution in [2.75, 3.05) is 0 Å². The molecule has 0 fully saturated rings. The predicted octanol–water partition coefficient (Wildman–Crippen LogP) is 2.54. The minimum Gasteiger partial charge on any atom is -0.422 e. The van der Waals surface area contributed by atoms with Gasteiger partial charge in [-0.1, -0.05) is 13.0 Å². The summed E-state index contributed by atoms with van der Waals surface area (Å²) in [5.74, 6) is 0. The van der Waals surface area contributed by atoms with Crippen molar-refractivity contribution >= 4 is 11.0 Å². The molecule has 3 heteroatoms. The lowest BCUT2D eigenvalue weighted by atomic mass is 10.0. The van der Waals surface area contributed by atoms with E-state index in [0.717, 1.165) is 17.4 Å². The Kier molecular flexibility index (Phi) is 2.49. The molecule has 1 heterocycles. The van der Waals surface area contributed by atoms with Crippen LogP contribution in [-0.2, 0) is 6.42 Å². The maximum atomic E-state index is 11.5. The molecular weight excluding hydrogens is 202 g/mol. The zero-order valence-corrected chi connectivity index (χ0v) is 9.20. The molecule has 0 radical (unpaired) electrons. The van der Waals surface area contributed by atoms with Gasteiger partial charge < -0.3 is 4.42 Å². The lowest BCUT2D eigenvalue weighted by molar-refractivity contribution is 0.557. The highest BCUT2D eigenvalue weighted by Crippen LogP contribution is 2.20. The Hall–Kier alpha value is -2.08. The molecular formula is C13H11NO2. The number of hydrogen-bond acceptors (Lipinski definition) is 3. The molecule has 1 aromatic carbocycles. The molecule has 0 aliphatic rings. The third-order valence-electron chi connectivity index (χ3n) is 2.75. The van der Waals surface area contributed by atoms with Gasteiger partial charge in [-0.2, -0.15) is 5.26 Å². The fourth-order valence-electron chi connectivity index (χ4n) is 1.75. The van der Waals surface area contributed by atoms with E-state index in [1.54, 1.807) is 13.0 Å². The average Bonchev–Trinajstić information content (AvgIpc) is 2.29. The second-order valence-electron chi connectivity index (χ2n) is 3.69. The van der Waals surface area contributed by atoms with Crippen molar-refractivity contribution in [3.8, 4) is 6.07 Å². The second-order valence-corrected chi connectivity index (χ2v) is 3.69. The molecule has 80 valence electrons. The first-order valence-electron chi connectivity index (χ1n) is 5.13. The molecule has 0 atom stereocenters. The molecule has 0 amide bonds. The molecule has 0 bridgehead atoms. The number of aryl methyl sites for hydroxylation is 2. The summed E-state index contributed by atoms with van der Waals surface area (Å²) in [5, 5.41) is 9.72. The molecule has 0 saturated carbocycles. The van der Waals surface area contributed by atoms with Crippen molar-refractivity contribution in [1.82, 2.24) is 0 Å². The van der Waals surface area contributed by atoms with Gasteiger partial charge in [0.15, 0.2) is 0 Å². The number of hydrogen-bond donors (Lipinski definition) is 0. The van der Waals surface area contributed by atoms with E-state index >= 15 is 0 Å². The fraction of sp³-hybridized carbons (Fsp3) is 0.231. The summed E-state index contributed by atoms with van der Waals surface area (Å²) in [6.07, 6.45) is 0.913. The highest BCUT2D eigenvalue weighted by atomic mass is 16.4. The van der Waals surface area contributed by atoms with Crippen molar-refractivity contribution in [3.63, 3.8) is 0 Å². The van der Waals surface area contributed by atoms with Gasteiger partial charge in [0.2, 0.25) is 0 Å². The van der Waals surface area contributed by atoms with Gasteiger partial charge in [0.05, 0.1) is 0 Å². The maximum absolute atomic E-state index is 11.5. The van der Waals surface area contributed by atoms with Crippen molar-refractivity contribution in [1.29, 1.82) is 5.26 Å². The third-order valence-corrected chi connectivity index (χ3v) is 2.75. The van der Waals surface area contributed by atoms with Crippen LogP contribution in [0.1, 0.15) is 23.6 Å². The van der Waals surface area contributed by atoms with Crippen LogP contribution in [0.4, 0.5) is 0 Å². The molecule has 16 heavy (non-hydrogen) atoms. The summed E-state index contributed by atoms with van der Waals surface area (Å²) in [7, 11) is 0. The summed E-state index contributed by atoms with van der Waals surface area (Å²) < 4.78 is 5.09. The van der Waals surface area contributed by atoms with E-state index < -0.39 is 5.63 Å². The first kappa shape index (κ1) is 10.4. The van der Waals surface area contributed by atoms with Gasteiger partial charge in [-0.25, -0.2) is 4.79 Å². The Morgan fingerprint density at radius 3 is 2.81 bits per heavy atom. The molecule has 1 aromatic heterocycles. The van der Waals surface area contributed by atoms with E-state index in [2.05, 4.69) is 6.92 Å². The van der Waals surface area contributed by atoms with Crippen molar-refractivity contribution in [3.05, 3.63) is 45.3 Å². The number of nitriles is 1. The zero-order chi connectivity index (χ0) is 11.7. The molecule has 0 aliphatic carbocycles. The summed E-state index contributed by atoms with van der Waals surface area (Å²) in [5.41, 5.74) is 1.94. The molecule has 2 rings (SSSR count). The SMILES string of the molecule is CCc1ccc2oc(=O)c(C#N)c(C)c2c1.